The largest absolute Gasteiger partial charge is 0.361 e. The highest BCUT2D eigenvalue weighted by molar-refractivity contribution is 6.27. The molecule has 0 spiro atoms. The first kappa shape index (κ1) is 14.5. The van der Waals surface area contributed by atoms with Crippen molar-refractivity contribution in [3.8, 4) is 0 Å². The van der Waals surface area contributed by atoms with Gasteiger partial charge in [-0.1, -0.05) is 57.0 Å². The van der Waals surface area contributed by atoms with Crippen LogP contribution in [-0.4, -0.2) is 18.1 Å². The Kier molecular flexibility index (Phi) is 12.1. The standard InChI is InChI=1S/C11H22Cl2O/c1-2-3-4-5-6-7-8-9-14-11(13)10-12/h11H,2-10H2,1H3. The van der Waals surface area contributed by atoms with Crippen molar-refractivity contribution < 1.29 is 4.74 Å². The topological polar surface area (TPSA) is 9.23 Å². The highest BCUT2D eigenvalue weighted by atomic mass is 35.5. The lowest BCUT2D eigenvalue weighted by molar-refractivity contribution is 0.117. The summed E-state index contributed by atoms with van der Waals surface area (Å²) in [6.45, 7) is 2.98. The Bertz CT molecular complexity index is 109. The molecule has 3 heteroatoms. The summed E-state index contributed by atoms with van der Waals surface area (Å²) >= 11 is 11.2. The predicted octanol–water partition coefficient (Wildman–Crippen LogP) is 4.56. The van der Waals surface area contributed by atoms with Crippen LogP contribution >= 0.6 is 23.2 Å². The molecule has 0 aromatic carbocycles. The van der Waals surface area contributed by atoms with Gasteiger partial charge in [0.2, 0.25) is 0 Å². The Morgan fingerprint density at radius 3 is 2.14 bits per heavy atom. The lowest BCUT2D eigenvalue weighted by Crippen LogP contribution is -2.07. The molecule has 0 fully saturated rings. The first-order chi connectivity index (χ1) is 6.81. The molecule has 1 unspecified atom stereocenters. The first-order valence-electron chi connectivity index (χ1n) is 5.63. The minimum absolute atomic E-state index is 0.309. The molecule has 0 bridgehead atoms. The quantitative estimate of drug-likeness (QED) is 0.402. The Hall–Kier alpha value is 0.540. The average molecular weight is 241 g/mol. The zero-order valence-electron chi connectivity index (χ0n) is 9.11. The molecule has 0 aliphatic heterocycles. The molecule has 0 N–H and O–H groups in total. The molecule has 86 valence electrons. The van der Waals surface area contributed by atoms with Crippen molar-refractivity contribution >= 4 is 23.2 Å². The minimum Gasteiger partial charge on any atom is -0.361 e. The third-order valence-electron chi connectivity index (χ3n) is 2.17. The van der Waals surface area contributed by atoms with E-state index in [1.807, 2.05) is 0 Å². The van der Waals surface area contributed by atoms with Crippen molar-refractivity contribution in [1.29, 1.82) is 0 Å². The lowest BCUT2D eigenvalue weighted by Gasteiger charge is -2.07. The second-order valence-electron chi connectivity index (χ2n) is 3.56. The van der Waals surface area contributed by atoms with Gasteiger partial charge in [0.15, 0.2) is 0 Å². The van der Waals surface area contributed by atoms with Gasteiger partial charge in [-0.2, -0.15) is 0 Å². The molecular weight excluding hydrogens is 219 g/mol. The van der Waals surface area contributed by atoms with E-state index in [2.05, 4.69) is 6.92 Å². The van der Waals surface area contributed by atoms with Crippen LogP contribution in [0.5, 0.6) is 0 Å². The molecule has 0 heterocycles. The molecule has 1 nitrogen and oxygen atoms in total. The molecule has 0 aliphatic carbocycles. The van der Waals surface area contributed by atoms with Gasteiger partial charge in [-0.3, -0.25) is 0 Å². The number of hydrogen-bond donors (Lipinski definition) is 0. The van der Waals surface area contributed by atoms with Crippen LogP contribution in [0.1, 0.15) is 51.9 Å². The van der Waals surface area contributed by atoms with Gasteiger partial charge in [0, 0.05) is 6.61 Å². The van der Waals surface area contributed by atoms with E-state index >= 15 is 0 Å². The summed E-state index contributed by atoms with van der Waals surface area (Å²) in [6.07, 6.45) is 9.07. The summed E-state index contributed by atoms with van der Waals surface area (Å²) < 4.78 is 5.25. The van der Waals surface area contributed by atoms with Gasteiger partial charge in [0.1, 0.15) is 5.56 Å². The van der Waals surface area contributed by atoms with Crippen LogP contribution in [0.3, 0.4) is 0 Å². The van der Waals surface area contributed by atoms with E-state index in [4.69, 9.17) is 27.9 Å². The maximum absolute atomic E-state index is 5.69. The monoisotopic (exact) mass is 240 g/mol. The second-order valence-corrected chi connectivity index (χ2v) is 4.35. The predicted molar refractivity (Wildman–Crippen MR) is 64.3 cm³/mol. The smallest absolute Gasteiger partial charge is 0.144 e. The lowest BCUT2D eigenvalue weighted by atomic mass is 10.1. The summed E-state index contributed by atoms with van der Waals surface area (Å²) in [5.74, 6) is 0.373. The first-order valence-corrected chi connectivity index (χ1v) is 6.60. The molecule has 0 aromatic heterocycles. The Balaban J connectivity index is 2.92. The zero-order chi connectivity index (χ0) is 10.6. The molecule has 0 rings (SSSR count). The summed E-state index contributed by atoms with van der Waals surface area (Å²) in [5.41, 5.74) is -0.309. The minimum atomic E-state index is -0.309. The number of unbranched alkanes of at least 4 members (excludes halogenated alkanes) is 6. The van der Waals surface area contributed by atoms with Crippen LogP contribution in [0.15, 0.2) is 0 Å². The van der Waals surface area contributed by atoms with Gasteiger partial charge in [-0.15, -0.1) is 11.6 Å². The molecule has 14 heavy (non-hydrogen) atoms. The Morgan fingerprint density at radius 1 is 1.00 bits per heavy atom. The third kappa shape index (κ3) is 10.6. The highest BCUT2D eigenvalue weighted by Crippen LogP contribution is 2.08. The molecule has 0 aliphatic rings. The summed E-state index contributed by atoms with van der Waals surface area (Å²) in [5, 5.41) is 0. The van der Waals surface area contributed by atoms with Crippen LogP contribution in [0.4, 0.5) is 0 Å². The summed E-state index contributed by atoms with van der Waals surface area (Å²) in [4.78, 5) is 0. The van der Waals surface area contributed by atoms with Crippen molar-refractivity contribution in [1.82, 2.24) is 0 Å². The second kappa shape index (κ2) is 11.6. The van der Waals surface area contributed by atoms with E-state index in [9.17, 15) is 0 Å². The van der Waals surface area contributed by atoms with Crippen molar-refractivity contribution in [3.05, 3.63) is 0 Å². The van der Waals surface area contributed by atoms with Gasteiger partial charge in [0.25, 0.3) is 0 Å². The van der Waals surface area contributed by atoms with Crippen LogP contribution in [0.2, 0.25) is 0 Å². The van der Waals surface area contributed by atoms with Crippen LogP contribution < -0.4 is 0 Å². The number of halogens is 2. The molecule has 0 saturated heterocycles. The molecule has 0 aromatic rings. The van der Waals surface area contributed by atoms with Gasteiger partial charge < -0.3 is 4.74 Å². The van der Waals surface area contributed by atoms with E-state index < -0.39 is 0 Å². The van der Waals surface area contributed by atoms with Crippen LogP contribution in [-0.2, 0) is 4.74 Å². The fourth-order valence-electron chi connectivity index (χ4n) is 1.31. The number of rotatable bonds is 10. The normalized spacial score (nSPS) is 13.1. The number of hydrogen-bond acceptors (Lipinski definition) is 1. The maximum Gasteiger partial charge on any atom is 0.144 e. The molecule has 0 saturated carbocycles. The van der Waals surface area contributed by atoms with Gasteiger partial charge in [-0.25, -0.2) is 0 Å². The van der Waals surface area contributed by atoms with Crippen LogP contribution in [0, 0.1) is 0 Å². The number of ether oxygens (including phenoxy) is 1. The fourth-order valence-corrected chi connectivity index (χ4v) is 1.49. The average Bonchev–Trinajstić information content (AvgIpc) is 2.21. The van der Waals surface area contributed by atoms with Crippen molar-refractivity contribution in [2.45, 2.75) is 57.4 Å². The number of alkyl halides is 2. The van der Waals surface area contributed by atoms with Gasteiger partial charge in [-0.05, 0) is 6.42 Å². The van der Waals surface area contributed by atoms with Crippen molar-refractivity contribution in [2.75, 3.05) is 12.5 Å². The van der Waals surface area contributed by atoms with Crippen molar-refractivity contribution in [3.63, 3.8) is 0 Å². The SMILES string of the molecule is CCCCCCCCCOC(Cl)CCl. The van der Waals surface area contributed by atoms with Gasteiger partial charge >= 0.3 is 0 Å². The third-order valence-corrected chi connectivity index (χ3v) is 2.89. The van der Waals surface area contributed by atoms with Crippen molar-refractivity contribution in [2.24, 2.45) is 0 Å². The molecule has 0 radical (unpaired) electrons. The molecular formula is C11H22Cl2O. The summed E-state index contributed by atoms with van der Waals surface area (Å²) in [7, 11) is 0. The van der Waals surface area contributed by atoms with Crippen LogP contribution in [0.25, 0.3) is 0 Å². The van der Waals surface area contributed by atoms with E-state index in [0.29, 0.717) is 5.88 Å². The zero-order valence-corrected chi connectivity index (χ0v) is 10.6. The fraction of sp³-hybridized carbons (Fsp3) is 1.00. The van der Waals surface area contributed by atoms with Gasteiger partial charge in [0.05, 0.1) is 5.88 Å². The molecule has 0 amide bonds. The van der Waals surface area contributed by atoms with E-state index in [0.717, 1.165) is 13.0 Å². The Labute approximate surface area is 98.1 Å². The van der Waals surface area contributed by atoms with E-state index in [1.165, 1.54) is 38.5 Å². The van der Waals surface area contributed by atoms with E-state index in [-0.39, 0.29) is 5.56 Å². The Morgan fingerprint density at radius 2 is 1.57 bits per heavy atom. The maximum atomic E-state index is 5.69. The van der Waals surface area contributed by atoms with E-state index in [1.54, 1.807) is 0 Å². The molecule has 1 atom stereocenters. The highest BCUT2D eigenvalue weighted by Gasteiger charge is 2.00. The summed E-state index contributed by atoms with van der Waals surface area (Å²) in [6, 6.07) is 0.